The summed E-state index contributed by atoms with van der Waals surface area (Å²) in [5.74, 6) is 0.952. The highest BCUT2D eigenvalue weighted by atomic mass is 16.5. The van der Waals surface area contributed by atoms with Crippen molar-refractivity contribution in [2.24, 2.45) is 0 Å². The second kappa shape index (κ2) is 5.57. The van der Waals surface area contributed by atoms with Crippen molar-refractivity contribution in [1.82, 2.24) is 4.98 Å². The Morgan fingerprint density at radius 3 is 2.62 bits per heavy atom. The fourth-order valence-electron chi connectivity index (χ4n) is 2.55. The second-order valence-corrected chi connectivity index (χ2v) is 5.43. The molecule has 0 saturated carbocycles. The van der Waals surface area contributed by atoms with E-state index < -0.39 is 0 Å². The number of rotatable bonds is 3. The predicted molar refractivity (Wildman–Crippen MR) is 86.7 cm³/mol. The standard InChI is InChI=1S/C19H19NO/c1-13-7-6-10-19(15(13)3)21-12-16-11-14(2)20-18-9-5-4-8-17(16)18/h4-11H,12H2,1-3H3. The molecule has 0 bridgehead atoms. The van der Waals surface area contributed by atoms with Gasteiger partial charge in [-0.05, 0) is 50.1 Å². The smallest absolute Gasteiger partial charge is 0.122 e. The van der Waals surface area contributed by atoms with Crippen LogP contribution in [0.3, 0.4) is 0 Å². The largest absolute Gasteiger partial charge is 0.489 e. The van der Waals surface area contributed by atoms with E-state index >= 15 is 0 Å². The average Bonchev–Trinajstić information content (AvgIpc) is 2.48. The molecule has 3 aromatic rings. The van der Waals surface area contributed by atoms with Crippen LogP contribution in [0.25, 0.3) is 10.9 Å². The molecular weight excluding hydrogens is 258 g/mol. The molecule has 0 fully saturated rings. The Bertz CT molecular complexity index is 793. The molecular formula is C19H19NO. The molecule has 2 heteroatoms. The first-order valence-corrected chi connectivity index (χ1v) is 7.19. The molecule has 0 N–H and O–H groups in total. The molecule has 0 amide bonds. The maximum absolute atomic E-state index is 6.04. The quantitative estimate of drug-likeness (QED) is 0.690. The molecule has 0 aliphatic rings. The SMILES string of the molecule is Cc1cc(COc2cccc(C)c2C)c2ccccc2n1. The van der Waals surface area contributed by atoms with Crippen molar-refractivity contribution < 1.29 is 4.74 Å². The fraction of sp³-hybridized carbons (Fsp3) is 0.211. The monoisotopic (exact) mass is 277 g/mol. The second-order valence-electron chi connectivity index (χ2n) is 5.43. The van der Waals surface area contributed by atoms with Crippen LogP contribution in [0.4, 0.5) is 0 Å². The van der Waals surface area contributed by atoms with Gasteiger partial charge in [0.15, 0.2) is 0 Å². The third-order valence-corrected chi connectivity index (χ3v) is 3.87. The van der Waals surface area contributed by atoms with Crippen LogP contribution in [-0.4, -0.2) is 4.98 Å². The molecule has 0 spiro atoms. The fourth-order valence-corrected chi connectivity index (χ4v) is 2.55. The minimum absolute atomic E-state index is 0.564. The normalized spacial score (nSPS) is 10.8. The summed E-state index contributed by atoms with van der Waals surface area (Å²) in [5.41, 5.74) is 5.68. The van der Waals surface area contributed by atoms with E-state index in [1.54, 1.807) is 0 Å². The third-order valence-electron chi connectivity index (χ3n) is 3.87. The molecule has 0 unspecified atom stereocenters. The van der Waals surface area contributed by atoms with Crippen LogP contribution in [-0.2, 0) is 6.61 Å². The molecule has 3 rings (SSSR count). The highest BCUT2D eigenvalue weighted by molar-refractivity contribution is 5.82. The zero-order chi connectivity index (χ0) is 14.8. The summed E-state index contributed by atoms with van der Waals surface area (Å²) in [6.45, 7) is 6.79. The molecule has 0 radical (unpaired) electrons. The van der Waals surface area contributed by atoms with Crippen molar-refractivity contribution >= 4 is 10.9 Å². The van der Waals surface area contributed by atoms with Crippen molar-refractivity contribution in [3.8, 4) is 5.75 Å². The van der Waals surface area contributed by atoms with E-state index in [1.807, 2.05) is 37.3 Å². The van der Waals surface area contributed by atoms with Gasteiger partial charge in [0.1, 0.15) is 12.4 Å². The van der Waals surface area contributed by atoms with Gasteiger partial charge in [-0.15, -0.1) is 0 Å². The van der Waals surface area contributed by atoms with Gasteiger partial charge < -0.3 is 4.74 Å². The Kier molecular flexibility index (Phi) is 3.61. The van der Waals surface area contributed by atoms with Crippen molar-refractivity contribution in [3.63, 3.8) is 0 Å². The van der Waals surface area contributed by atoms with Gasteiger partial charge in [0.25, 0.3) is 0 Å². The van der Waals surface area contributed by atoms with Crippen LogP contribution in [0.5, 0.6) is 5.75 Å². The maximum atomic E-state index is 6.04. The van der Waals surface area contributed by atoms with Gasteiger partial charge in [0.2, 0.25) is 0 Å². The zero-order valence-corrected chi connectivity index (χ0v) is 12.7. The van der Waals surface area contributed by atoms with Crippen LogP contribution >= 0.6 is 0 Å². The Labute approximate surface area is 125 Å². The minimum Gasteiger partial charge on any atom is -0.489 e. The highest BCUT2D eigenvalue weighted by Crippen LogP contribution is 2.24. The van der Waals surface area contributed by atoms with Crippen LogP contribution in [0, 0.1) is 20.8 Å². The van der Waals surface area contributed by atoms with E-state index in [4.69, 9.17) is 4.74 Å². The van der Waals surface area contributed by atoms with Crippen molar-refractivity contribution in [2.75, 3.05) is 0 Å². The van der Waals surface area contributed by atoms with Crippen LogP contribution < -0.4 is 4.74 Å². The Hall–Kier alpha value is -2.35. The first-order chi connectivity index (χ1) is 10.1. The van der Waals surface area contributed by atoms with Crippen LogP contribution in [0.2, 0.25) is 0 Å². The first-order valence-electron chi connectivity index (χ1n) is 7.19. The molecule has 2 nitrogen and oxygen atoms in total. The van der Waals surface area contributed by atoms with Gasteiger partial charge in [-0.3, -0.25) is 4.98 Å². The molecule has 0 atom stereocenters. The van der Waals surface area contributed by atoms with E-state index in [9.17, 15) is 0 Å². The summed E-state index contributed by atoms with van der Waals surface area (Å²) < 4.78 is 6.04. The van der Waals surface area contributed by atoms with Crippen LogP contribution in [0.1, 0.15) is 22.4 Å². The van der Waals surface area contributed by atoms with E-state index in [2.05, 4.69) is 37.0 Å². The van der Waals surface area contributed by atoms with Gasteiger partial charge in [-0.2, -0.15) is 0 Å². The van der Waals surface area contributed by atoms with Crippen molar-refractivity contribution in [3.05, 3.63) is 70.9 Å². The predicted octanol–water partition coefficient (Wildman–Crippen LogP) is 4.74. The number of para-hydroxylation sites is 1. The molecule has 21 heavy (non-hydrogen) atoms. The first kappa shape index (κ1) is 13.6. The molecule has 1 aromatic heterocycles. The summed E-state index contributed by atoms with van der Waals surface area (Å²) >= 11 is 0. The molecule has 0 aliphatic carbocycles. The zero-order valence-electron chi connectivity index (χ0n) is 12.7. The topological polar surface area (TPSA) is 22.1 Å². The number of aromatic nitrogens is 1. The summed E-state index contributed by atoms with van der Waals surface area (Å²) in [7, 11) is 0. The Morgan fingerprint density at radius 1 is 0.952 bits per heavy atom. The number of hydrogen-bond donors (Lipinski definition) is 0. The molecule has 2 aromatic carbocycles. The molecule has 0 saturated heterocycles. The molecule has 1 heterocycles. The summed E-state index contributed by atoms with van der Waals surface area (Å²) in [4.78, 5) is 4.57. The maximum Gasteiger partial charge on any atom is 0.122 e. The van der Waals surface area contributed by atoms with E-state index in [1.165, 1.54) is 16.7 Å². The van der Waals surface area contributed by atoms with Crippen molar-refractivity contribution in [1.29, 1.82) is 0 Å². The number of hydrogen-bond acceptors (Lipinski definition) is 2. The number of fused-ring (bicyclic) bond motifs is 1. The molecule has 0 aliphatic heterocycles. The van der Waals surface area contributed by atoms with Gasteiger partial charge in [0, 0.05) is 16.6 Å². The lowest BCUT2D eigenvalue weighted by molar-refractivity contribution is 0.305. The number of aryl methyl sites for hydroxylation is 2. The summed E-state index contributed by atoms with van der Waals surface area (Å²) in [6, 6.07) is 16.5. The lowest BCUT2D eigenvalue weighted by Gasteiger charge is -2.13. The number of nitrogens with zero attached hydrogens (tertiary/aromatic N) is 1. The Morgan fingerprint density at radius 2 is 1.76 bits per heavy atom. The lowest BCUT2D eigenvalue weighted by Crippen LogP contribution is -2.00. The minimum atomic E-state index is 0.564. The van der Waals surface area contributed by atoms with E-state index in [-0.39, 0.29) is 0 Å². The molecule has 106 valence electrons. The van der Waals surface area contributed by atoms with Gasteiger partial charge in [-0.25, -0.2) is 0 Å². The van der Waals surface area contributed by atoms with Gasteiger partial charge in [-0.1, -0.05) is 30.3 Å². The lowest BCUT2D eigenvalue weighted by atomic mass is 10.1. The van der Waals surface area contributed by atoms with Gasteiger partial charge in [0.05, 0.1) is 5.52 Å². The number of ether oxygens (including phenoxy) is 1. The Balaban J connectivity index is 1.93. The number of pyridine rings is 1. The van der Waals surface area contributed by atoms with E-state index in [0.29, 0.717) is 6.61 Å². The average molecular weight is 277 g/mol. The van der Waals surface area contributed by atoms with E-state index in [0.717, 1.165) is 22.3 Å². The highest BCUT2D eigenvalue weighted by Gasteiger charge is 2.06. The third kappa shape index (κ3) is 2.75. The van der Waals surface area contributed by atoms with Gasteiger partial charge >= 0.3 is 0 Å². The van der Waals surface area contributed by atoms with Crippen molar-refractivity contribution in [2.45, 2.75) is 27.4 Å². The van der Waals surface area contributed by atoms with Crippen LogP contribution in [0.15, 0.2) is 48.5 Å². The summed E-state index contributed by atoms with van der Waals surface area (Å²) in [5, 5.41) is 1.16. The number of benzene rings is 2. The summed E-state index contributed by atoms with van der Waals surface area (Å²) in [6.07, 6.45) is 0.